The summed E-state index contributed by atoms with van der Waals surface area (Å²) in [4.78, 5) is 23.7. The molecule has 3 aliphatic heterocycles. The van der Waals surface area contributed by atoms with E-state index in [1.165, 1.54) is 0 Å². The molecule has 5 fully saturated rings. The topological polar surface area (TPSA) is 74.4 Å². The molecule has 0 aromatic rings. The van der Waals surface area contributed by atoms with Gasteiger partial charge in [-0.15, -0.1) is 0 Å². The summed E-state index contributed by atoms with van der Waals surface area (Å²) in [5.74, 6) is -0.309. The van der Waals surface area contributed by atoms with Gasteiger partial charge in [0.1, 0.15) is 12.2 Å². The first kappa shape index (κ1) is 16.3. The number of fused-ring (bicyclic) bond motifs is 3. The van der Waals surface area contributed by atoms with E-state index in [-0.39, 0.29) is 24.1 Å². The van der Waals surface area contributed by atoms with E-state index in [9.17, 15) is 9.59 Å². The number of carbonyl (C=O) groups excluding carboxylic acids is 2. The van der Waals surface area contributed by atoms with Gasteiger partial charge in [-0.1, -0.05) is 0 Å². The van der Waals surface area contributed by atoms with Gasteiger partial charge in [0, 0.05) is 38.5 Å². The molecule has 5 rings (SSSR count). The highest BCUT2D eigenvalue weighted by molar-refractivity contribution is 5.70. The van der Waals surface area contributed by atoms with Crippen LogP contribution in [0.15, 0.2) is 0 Å². The Morgan fingerprint density at radius 1 is 0.750 bits per heavy atom. The van der Waals surface area contributed by atoms with Crippen molar-refractivity contribution in [2.45, 2.75) is 101 Å². The third-order valence-electron chi connectivity index (χ3n) is 5.53. The van der Waals surface area contributed by atoms with Crippen molar-refractivity contribution in [2.75, 3.05) is 0 Å². The van der Waals surface area contributed by atoms with E-state index in [2.05, 4.69) is 0 Å². The van der Waals surface area contributed by atoms with E-state index in [0.717, 1.165) is 38.5 Å². The Hall–Kier alpha value is -1.14. The molecule has 0 aromatic carbocycles. The third-order valence-corrected chi connectivity index (χ3v) is 5.53. The lowest BCUT2D eigenvalue weighted by Crippen LogP contribution is -2.48. The van der Waals surface area contributed by atoms with Gasteiger partial charge in [-0.05, 0) is 25.7 Å². The van der Waals surface area contributed by atoms with E-state index in [0.29, 0.717) is 50.1 Å². The molecule has 3 heterocycles. The first-order valence-corrected chi connectivity index (χ1v) is 9.35. The summed E-state index contributed by atoms with van der Waals surface area (Å²) in [5, 5.41) is 0. The van der Waals surface area contributed by atoms with Crippen LogP contribution < -0.4 is 0 Å². The van der Waals surface area contributed by atoms with Gasteiger partial charge < -0.3 is 18.9 Å². The van der Waals surface area contributed by atoms with E-state index in [4.69, 9.17) is 18.9 Å². The molecule has 2 aliphatic carbocycles. The number of ether oxygens (including phenoxy) is 4. The molecule has 0 amide bonds. The molecule has 6 nitrogen and oxygen atoms in total. The van der Waals surface area contributed by atoms with Crippen molar-refractivity contribution in [3.8, 4) is 0 Å². The summed E-state index contributed by atoms with van der Waals surface area (Å²) < 4.78 is 21.9. The minimum Gasteiger partial charge on any atom is -0.462 e. The van der Waals surface area contributed by atoms with Crippen LogP contribution in [0.5, 0.6) is 0 Å². The number of esters is 2. The van der Waals surface area contributed by atoms with Gasteiger partial charge in [0.15, 0.2) is 0 Å². The van der Waals surface area contributed by atoms with Crippen LogP contribution in [-0.2, 0) is 28.5 Å². The van der Waals surface area contributed by atoms with Crippen molar-refractivity contribution in [1.82, 2.24) is 0 Å². The fraction of sp³-hybridized carbons (Fsp3) is 0.889. The SMILES string of the molecule is O=C(CCCCC(=O)OC1CCC2OC2C1)OC1CC2CC(C1)O2. The van der Waals surface area contributed by atoms with Gasteiger partial charge >= 0.3 is 11.9 Å². The van der Waals surface area contributed by atoms with Crippen molar-refractivity contribution in [2.24, 2.45) is 0 Å². The van der Waals surface area contributed by atoms with Crippen LogP contribution in [-0.4, -0.2) is 48.6 Å². The molecule has 5 aliphatic rings. The van der Waals surface area contributed by atoms with Gasteiger partial charge in [-0.25, -0.2) is 0 Å². The van der Waals surface area contributed by atoms with Crippen molar-refractivity contribution in [1.29, 1.82) is 0 Å². The second-order valence-electron chi connectivity index (χ2n) is 7.54. The Balaban J connectivity index is 1.05. The van der Waals surface area contributed by atoms with Crippen LogP contribution >= 0.6 is 0 Å². The minimum absolute atomic E-state index is 0.0196. The van der Waals surface area contributed by atoms with Gasteiger partial charge in [-0.3, -0.25) is 9.59 Å². The molecule has 134 valence electrons. The molecule has 0 radical (unpaired) electrons. The molecule has 0 spiro atoms. The zero-order valence-electron chi connectivity index (χ0n) is 14.0. The number of rotatable bonds is 7. The van der Waals surface area contributed by atoms with Crippen LogP contribution in [0.2, 0.25) is 0 Å². The number of epoxide rings is 1. The lowest BCUT2D eigenvalue weighted by molar-refractivity contribution is -0.200. The number of hydrogen-bond acceptors (Lipinski definition) is 6. The highest BCUT2D eigenvalue weighted by Crippen LogP contribution is 2.38. The van der Waals surface area contributed by atoms with Crippen LogP contribution in [0.3, 0.4) is 0 Å². The Morgan fingerprint density at radius 2 is 1.38 bits per heavy atom. The average molecular weight is 338 g/mol. The minimum atomic E-state index is -0.156. The summed E-state index contributed by atoms with van der Waals surface area (Å²) in [6.45, 7) is 0. The smallest absolute Gasteiger partial charge is 0.306 e. The third kappa shape index (κ3) is 4.09. The maximum absolute atomic E-state index is 11.8. The van der Waals surface area contributed by atoms with Crippen LogP contribution in [0.4, 0.5) is 0 Å². The zero-order chi connectivity index (χ0) is 16.5. The second-order valence-corrected chi connectivity index (χ2v) is 7.54. The summed E-state index contributed by atoms with van der Waals surface area (Å²) in [7, 11) is 0. The molecule has 0 N–H and O–H groups in total. The molecule has 5 atom stereocenters. The molecule has 5 unspecified atom stereocenters. The number of carbonyl (C=O) groups is 2. The Bertz CT molecular complexity index is 452. The summed E-state index contributed by atoms with van der Waals surface area (Å²) in [6, 6.07) is 0. The van der Waals surface area contributed by atoms with Gasteiger partial charge in [0.25, 0.3) is 0 Å². The largest absolute Gasteiger partial charge is 0.462 e. The zero-order valence-corrected chi connectivity index (χ0v) is 14.0. The molecule has 6 heteroatoms. The first-order valence-electron chi connectivity index (χ1n) is 9.35. The second kappa shape index (κ2) is 7.00. The standard InChI is InChI=1S/C18H26O6/c19-17(22-11-5-6-15-16(10-11)24-15)3-1-2-4-18(20)23-14-8-12-7-13(9-14)21-12/h11-16H,1-10H2. The van der Waals surface area contributed by atoms with Crippen LogP contribution in [0, 0.1) is 0 Å². The molecule has 3 saturated heterocycles. The predicted octanol–water partition coefficient (Wildman–Crippen LogP) is 2.27. The fourth-order valence-corrected chi connectivity index (χ4v) is 4.14. The van der Waals surface area contributed by atoms with E-state index in [1.54, 1.807) is 0 Å². The van der Waals surface area contributed by atoms with Gasteiger partial charge in [0.2, 0.25) is 0 Å². The number of unbranched alkanes of at least 4 members (excludes halogenated alkanes) is 1. The van der Waals surface area contributed by atoms with E-state index in [1.807, 2.05) is 0 Å². The van der Waals surface area contributed by atoms with Crippen LogP contribution in [0.25, 0.3) is 0 Å². The molecule has 2 saturated carbocycles. The van der Waals surface area contributed by atoms with Crippen molar-refractivity contribution in [3.63, 3.8) is 0 Å². The van der Waals surface area contributed by atoms with E-state index >= 15 is 0 Å². The van der Waals surface area contributed by atoms with E-state index < -0.39 is 0 Å². The Morgan fingerprint density at radius 3 is 2.00 bits per heavy atom. The van der Waals surface area contributed by atoms with Gasteiger partial charge in [0.05, 0.1) is 24.4 Å². The summed E-state index contributed by atoms with van der Waals surface area (Å²) in [6.07, 6.45) is 9.02. The van der Waals surface area contributed by atoms with Crippen LogP contribution in [0.1, 0.15) is 64.2 Å². The lowest BCUT2D eigenvalue weighted by atomic mass is 9.87. The predicted molar refractivity (Wildman–Crippen MR) is 83.3 cm³/mol. The molecule has 2 bridgehead atoms. The molecular formula is C18H26O6. The highest BCUT2D eigenvalue weighted by atomic mass is 16.6. The average Bonchev–Trinajstić information content (AvgIpc) is 3.29. The maximum Gasteiger partial charge on any atom is 0.306 e. The molecule has 24 heavy (non-hydrogen) atoms. The quantitative estimate of drug-likeness (QED) is 0.403. The normalized spacial score (nSPS) is 39.3. The maximum atomic E-state index is 11.8. The summed E-state index contributed by atoms with van der Waals surface area (Å²) in [5.41, 5.74) is 0. The van der Waals surface area contributed by atoms with Crippen molar-refractivity contribution < 1.29 is 28.5 Å². The Kier molecular flexibility index (Phi) is 4.77. The summed E-state index contributed by atoms with van der Waals surface area (Å²) >= 11 is 0. The fourth-order valence-electron chi connectivity index (χ4n) is 4.14. The van der Waals surface area contributed by atoms with Crippen molar-refractivity contribution in [3.05, 3.63) is 0 Å². The van der Waals surface area contributed by atoms with Gasteiger partial charge in [-0.2, -0.15) is 0 Å². The molecule has 0 aromatic heterocycles. The monoisotopic (exact) mass is 338 g/mol. The number of hydrogen-bond donors (Lipinski definition) is 0. The van der Waals surface area contributed by atoms with Crippen molar-refractivity contribution >= 4 is 11.9 Å². The Labute approximate surface area is 142 Å². The first-order chi connectivity index (χ1) is 11.7. The molecular weight excluding hydrogens is 312 g/mol. The highest BCUT2D eigenvalue weighted by Gasteiger charge is 2.45. The lowest BCUT2D eigenvalue weighted by Gasteiger charge is -2.44.